The summed E-state index contributed by atoms with van der Waals surface area (Å²) in [6.45, 7) is 11.4. The highest BCUT2D eigenvalue weighted by molar-refractivity contribution is 6.63. The number of hydrogen-bond donors (Lipinski definition) is 0. The highest BCUT2D eigenvalue weighted by atomic mass is 35.5. The fourth-order valence-corrected chi connectivity index (χ4v) is 2.30. The standard InChI is InChI=1S/C15H21BClFO3/c1-9(2)19-13-11(7-10(17)8-12(13)18)16-20-14(3,4)15(5,6)21-16/h7-9H,1-6H3. The molecule has 1 aromatic rings. The van der Waals surface area contributed by atoms with Crippen LogP contribution in [-0.4, -0.2) is 24.4 Å². The van der Waals surface area contributed by atoms with Gasteiger partial charge in [0.15, 0.2) is 11.6 Å². The summed E-state index contributed by atoms with van der Waals surface area (Å²) in [6, 6.07) is 2.86. The first-order chi connectivity index (χ1) is 9.53. The zero-order chi connectivity index (χ0) is 16.0. The van der Waals surface area contributed by atoms with Gasteiger partial charge in [-0.15, -0.1) is 0 Å². The SMILES string of the molecule is CC(C)Oc1c(F)cc(Cl)cc1B1OC(C)(C)C(C)(C)O1. The molecule has 1 aromatic carbocycles. The van der Waals surface area contributed by atoms with Crippen LogP contribution in [0, 0.1) is 5.82 Å². The molecule has 0 aromatic heterocycles. The van der Waals surface area contributed by atoms with Gasteiger partial charge >= 0.3 is 7.12 Å². The third-order valence-electron chi connectivity index (χ3n) is 3.90. The Kier molecular flexibility index (Phi) is 4.31. The van der Waals surface area contributed by atoms with Crippen LogP contribution in [-0.2, 0) is 9.31 Å². The molecular formula is C15H21BClFO3. The normalized spacial score (nSPS) is 20.1. The molecule has 0 saturated carbocycles. The van der Waals surface area contributed by atoms with Crippen molar-refractivity contribution in [1.82, 2.24) is 0 Å². The topological polar surface area (TPSA) is 27.7 Å². The van der Waals surface area contributed by atoms with E-state index in [4.69, 9.17) is 25.6 Å². The summed E-state index contributed by atoms with van der Waals surface area (Å²) in [5.74, 6) is -0.381. The molecular weight excluding hydrogens is 293 g/mol. The van der Waals surface area contributed by atoms with Gasteiger partial charge < -0.3 is 14.0 Å². The molecule has 2 rings (SSSR count). The van der Waals surface area contributed by atoms with E-state index in [0.29, 0.717) is 5.46 Å². The molecule has 0 spiro atoms. The lowest BCUT2D eigenvalue weighted by molar-refractivity contribution is 0.00578. The quantitative estimate of drug-likeness (QED) is 0.798. The van der Waals surface area contributed by atoms with Gasteiger partial charge in [-0.25, -0.2) is 4.39 Å². The highest BCUT2D eigenvalue weighted by Crippen LogP contribution is 2.37. The summed E-state index contributed by atoms with van der Waals surface area (Å²) in [4.78, 5) is 0. The molecule has 6 heteroatoms. The van der Waals surface area contributed by atoms with Crippen molar-refractivity contribution in [1.29, 1.82) is 0 Å². The van der Waals surface area contributed by atoms with Crippen molar-refractivity contribution >= 4 is 24.2 Å². The molecule has 1 heterocycles. The second-order valence-electron chi connectivity index (χ2n) is 6.56. The largest absolute Gasteiger partial charge is 0.498 e. The Morgan fingerprint density at radius 1 is 1.14 bits per heavy atom. The molecule has 1 saturated heterocycles. The highest BCUT2D eigenvalue weighted by Gasteiger charge is 2.52. The van der Waals surface area contributed by atoms with Gasteiger partial charge in [0.1, 0.15) is 0 Å². The Morgan fingerprint density at radius 3 is 2.14 bits per heavy atom. The van der Waals surface area contributed by atoms with Gasteiger partial charge in [0.25, 0.3) is 0 Å². The van der Waals surface area contributed by atoms with E-state index in [0.717, 1.165) is 0 Å². The predicted octanol–water partition coefficient (Wildman–Crippen LogP) is 3.57. The van der Waals surface area contributed by atoms with E-state index in [2.05, 4.69) is 0 Å². The van der Waals surface area contributed by atoms with Crippen molar-refractivity contribution in [2.24, 2.45) is 0 Å². The van der Waals surface area contributed by atoms with Crippen molar-refractivity contribution in [3.63, 3.8) is 0 Å². The third-order valence-corrected chi connectivity index (χ3v) is 4.12. The molecule has 0 radical (unpaired) electrons. The Bertz CT molecular complexity index is 530. The number of hydrogen-bond acceptors (Lipinski definition) is 3. The number of rotatable bonds is 3. The molecule has 0 aliphatic carbocycles. The summed E-state index contributed by atoms with van der Waals surface area (Å²) < 4.78 is 31.7. The molecule has 0 amide bonds. The predicted molar refractivity (Wildman–Crippen MR) is 82.9 cm³/mol. The summed E-state index contributed by atoms with van der Waals surface area (Å²) in [7, 11) is -0.711. The summed E-state index contributed by atoms with van der Waals surface area (Å²) in [5.41, 5.74) is -0.538. The van der Waals surface area contributed by atoms with Crippen LogP contribution in [0.5, 0.6) is 5.75 Å². The van der Waals surface area contributed by atoms with Crippen LogP contribution in [0.4, 0.5) is 4.39 Å². The van der Waals surface area contributed by atoms with Gasteiger partial charge in [0.05, 0.1) is 17.3 Å². The third kappa shape index (κ3) is 3.20. The zero-order valence-corrected chi connectivity index (χ0v) is 14.0. The first kappa shape index (κ1) is 16.6. The maximum atomic E-state index is 14.2. The molecule has 1 fully saturated rings. The van der Waals surface area contributed by atoms with Crippen LogP contribution in [0.2, 0.25) is 5.02 Å². The fraction of sp³-hybridized carbons (Fsp3) is 0.600. The van der Waals surface area contributed by atoms with Crippen molar-refractivity contribution < 1.29 is 18.4 Å². The smallest absolute Gasteiger partial charge is 0.488 e. The van der Waals surface area contributed by atoms with Crippen LogP contribution in [0.3, 0.4) is 0 Å². The maximum absolute atomic E-state index is 14.2. The second kappa shape index (κ2) is 5.45. The van der Waals surface area contributed by atoms with Crippen molar-refractivity contribution in [2.75, 3.05) is 0 Å². The lowest BCUT2D eigenvalue weighted by Gasteiger charge is -2.32. The summed E-state index contributed by atoms with van der Waals surface area (Å²) in [6.07, 6.45) is -0.165. The molecule has 0 N–H and O–H groups in total. The molecule has 3 nitrogen and oxygen atoms in total. The van der Waals surface area contributed by atoms with E-state index in [9.17, 15) is 4.39 Å². The monoisotopic (exact) mass is 314 g/mol. The van der Waals surface area contributed by atoms with Gasteiger partial charge in [0.2, 0.25) is 0 Å². The average Bonchev–Trinajstić information content (AvgIpc) is 2.51. The van der Waals surface area contributed by atoms with Crippen molar-refractivity contribution in [2.45, 2.75) is 58.8 Å². The van der Waals surface area contributed by atoms with Crippen molar-refractivity contribution in [3.05, 3.63) is 23.0 Å². The Labute approximate surface area is 130 Å². The Morgan fingerprint density at radius 2 is 1.67 bits per heavy atom. The number of ether oxygens (including phenoxy) is 1. The van der Waals surface area contributed by atoms with E-state index < -0.39 is 24.1 Å². The minimum atomic E-state index is -0.711. The van der Waals surface area contributed by atoms with Gasteiger partial charge in [-0.3, -0.25) is 0 Å². The Balaban J connectivity index is 2.45. The molecule has 0 unspecified atom stereocenters. The minimum absolute atomic E-state index is 0.132. The van der Waals surface area contributed by atoms with Crippen molar-refractivity contribution in [3.8, 4) is 5.75 Å². The molecule has 116 valence electrons. The number of halogens is 2. The molecule has 0 bridgehead atoms. The maximum Gasteiger partial charge on any atom is 0.498 e. The first-order valence-corrected chi connectivity index (χ1v) is 7.42. The van der Waals surface area contributed by atoms with Crippen LogP contribution in [0.1, 0.15) is 41.5 Å². The van der Waals surface area contributed by atoms with Crippen LogP contribution in [0.15, 0.2) is 12.1 Å². The van der Waals surface area contributed by atoms with Gasteiger partial charge in [-0.2, -0.15) is 0 Å². The van der Waals surface area contributed by atoms with Crippen LogP contribution in [0.25, 0.3) is 0 Å². The lowest BCUT2D eigenvalue weighted by atomic mass is 9.78. The van der Waals surface area contributed by atoms with Gasteiger partial charge in [0, 0.05) is 10.5 Å². The molecule has 1 aliphatic rings. The minimum Gasteiger partial charge on any atom is -0.488 e. The Hall–Kier alpha value is -0.775. The van der Waals surface area contributed by atoms with Gasteiger partial charge in [-0.05, 0) is 53.7 Å². The molecule has 1 aliphatic heterocycles. The van der Waals surface area contributed by atoms with E-state index in [1.807, 2.05) is 41.5 Å². The average molecular weight is 315 g/mol. The fourth-order valence-electron chi connectivity index (χ4n) is 2.09. The lowest BCUT2D eigenvalue weighted by Crippen LogP contribution is -2.41. The molecule has 21 heavy (non-hydrogen) atoms. The van der Waals surface area contributed by atoms with E-state index in [1.54, 1.807) is 6.07 Å². The van der Waals surface area contributed by atoms with Crippen LogP contribution < -0.4 is 10.2 Å². The van der Waals surface area contributed by atoms with E-state index in [1.165, 1.54) is 6.07 Å². The first-order valence-electron chi connectivity index (χ1n) is 7.05. The zero-order valence-electron chi connectivity index (χ0n) is 13.3. The number of benzene rings is 1. The molecule has 0 atom stereocenters. The second-order valence-corrected chi connectivity index (χ2v) is 7.00. The van der Waals surface area contributed by atoms with E-state index >= 15 is 0 Å². The van der Waals surface area contributed by atoms with Crippen LogP contribution >= 0.6 is 11.6 Å². The summed E-state index contributed by atoms with van der Waals surface area (Å²) in [5, 5.41) is 0.285. The summed E-state index contributed by atoms with van der Waals surface area (Å²) >= 11 is 5.97. The van der Waals surface area contributed by atoms with E-state index in [-0.39, 0.29) is 16.9 Å². The van der Waals surface area contributed by atoms with Gasteiger partial charge in [-0.1, -0.05) is 11.6 Å².